The van der Waals surface area contributed by atoms with E-state index in [1.54, 1.807) is 23.7 Å². The van der Waals surface area contributed by atoms with Crippen molar-refractivity contribution < 1.29 is 18.7 Å². The van der Waals surface area contributed by atoms with E-state index in [2.05, 4.69) is 10.4 Å². The van der Waals surface area contributed by atoms with Gasteiger partial charge in [0.25, 0.3) is 5.91 Å². The Hall–Kier alpha value is -2.58. The number of fused-ring (bicyclic) bond motifs is 1. The third-order valence-corrected chi connectivity index (χ3v) is 7.12. The molecule has 0 aromatic carbocycles. The Kier molecular flexibility index (Phi) is 6.20. The molecule has 0 saturated heterocycles. The first-order valence-electron chi connectivity index (χ1n) is 10.3. The molecule has 0 bridgehead atoms. The number of amides is 1. The summed E-state index contributed by atoms with van der Waals surface area (Å²) >= 11 is 7.65. The highest BCUT2D eigenvalue weighted by molar-refractivity contribution is 7.17. The predicted octanol–water partition coefficient (Wildman–Crippen LogP) is 5.16. The summed E-state index contributed by atoms with van der Waals surface area (Å²) < 4.78 is 12.7. The van der Waals surface area contributed by atoms with Gasteiger partial charge in [-0.3, -0.25) is 9.48 Å². The summed E-state index contributed by atoms with van der Waals surface area (Å²) in [6.07, 6.45) is 3.85. The molecule has 7 nitrogen and oxygen atoms in total. The second-order valence-electron chi connectivity index (χ2n) is 7.50. The monoisotopic (exact) mass is 461 g/mol. The molecule has 0 unspecified atom stereocenters. The number of carbonyl (C=O) groups is 2. The lowest BCUT2D eigenvalue weighted by atomic mass is 9.95. The maximum Gasteiger partial charge on any atom is 0.341 e. The summed E-state index contributed by atoms with van der Waals surface area (Å²) in [5, 5.41) is 8.40. The molecule has 1 aliphatic rings. The Bertz CT molecular complexity index is 1140. The molecule has 1 amide bonds. The number of anilines is 1. The summed E-state index contributed by atoms with van der Waals surface area (Å²) in [6.45, 7) is 6.15. The van der Waals surface area contributed by atoms with E-state index < -0.39 is 11.9 Å². The van der Waals surface area contributed by atoms with Crippen molar-refractivity contribution in [1.82, 2.24) is 9.78 Å². The number of nitrogens with zero attached hydrogens (tertiary/aromatic N) is 2. The van der Waals surface area contributed by atoms with Crippen molar-refractivity contribution in [2.24, 2.45) is 0 Å². The van der Waals surface area contributed by atoms with Crippen LogP contribution in [0.4, 0.5) is 5.00 Å². The highest BCUT2D eigenvalue weighted by Crippen LogP contribution is 2.38. The molecule has 0 saturated carbocycles. The fourth-order valence-electron chi connectivity index (χ4n) is 3.80. The van der Waals surface area contributed by atoms with Gasteiger partial charge in [0.05, 0.1) is 35.1 Å². The van der Waals surface area contributed by atoms with Crippen LogP contribution in [0.1, 0.15) is 68.3 Å². The van der Waals surface area contributed by atoms with Crippen LogP contribution >= 0.6 is 22.9 Å². The molecule has 0 spiro atoms. The fraction of sp³-hybridized carbons (Fsp3) is 0.409. The van der Waals surface area contributed by atoms with Crippen LogP contribution in [0.3, 0.4) is 0 Å². The third kappa shape index (κ3) is 4.27. The van der Waals surface area contributed by atoms with Crippen LogP contribution in [0.15, 0.2) is 16.5 Å². The van der Waals surface area contributed by atoms with Crippen LogP contribution in [-0.2, 0) is 24.1 Å². The second kappa shape index (κ2) is 8.88. The summed E-state index contributed by atoms with van der Waals surface area (Å²) in [7, 11) is 0. The Morgan fingerprint density at radius 2 is 2.06 bits per heavy atom. The number of furan rings is 1. The predicted molar refractivity (Wildman–Crippen MR) is 119 cm³/mol. The van der Waals surface area contributed by atoms with Gasteiger partial charge in [0.1, 0.15) is 10.8 Å². The van der Waals surface area contributed by atoms with E-state index in [1.165, 1.54) is 11.3 Å². The minimum Gasteiger partial charge on any atom is -0.462 e. The number of aromatic nitrogens is 2. The van der Waals surface area contributed by atoms with Gasteiger partial charge in [0, 0.05) is 4.88 Å². The van der Waals surface area contributed by atoms with Gasteiger partial charge in [-0.2, -0.15) is 5.10 Å². The SMILES string of the molecule is CCOC(=O)c1c(NC(=O)c2ccc(Cn3nc(C)c(Cl)c3C)o2)sc2c1CCCC2. The molecule has 1 N–H and O–H groups in total. The van der Waals surface area contributed by atoms with E-state index in [0.717, 1.165) is 47.5 Å². The van der Waals surface area contributed by atoms with Crippen LogP contribution in [-0.4, -0.2) is 28.3 Å². The molecule has 3 aromatic rings. The average Bonchev–Trinajstić information content (AvgIpc) is 3.42. The highest BCUT2D eigenvalue weighted by Gasteiger charge is 2.28. The normalized spacial score (nSPS) is 13.2. The summed E-state index contributed by atoms with van der Waals surface area (Å²) in [5.41, 5.74) is 3.08. The standard InChI is InChI=1S/C22H24ClN3O4S/c1-4-29-22(28)18-15-7-5-6-8-17(15)31-21(18)24-20(27)16-10-9-14(30-16)11-26-13(3)19(23)12(2)25-26/h9-10H,4-8,11H2,1-3H3,(H,24,27). The summed E-state index contributed by atoms with van der Waals surface area (Å²) in [5.74, 6) is -0.0344. The first-order chi connectivity index (χ1) is 14.9. The topological polar surface area (TPSA) is 86.4 Å². The second-order valence-corrected chi connectivity index (χ2v) is 8.98. The Labute approximate surface area is 189 Å². The summed E-state index contributed by atoms with van der Waals surface area (Å²) in [4.78, 5) is 26.6. The number of aryl methyl sites for hydroxylation is 2. The Morgan fingerprint density at radius 1 is 1.29 bits per heavy atom. The van der Waals surface area contributed by atoms with Gasteiger partial charge in [0.15, 0.2) is 5.76 Å². The van der Waals surface area contributed by atoms with E-state index in [9.17, 15) is 9.59 Å². The number of hydrogen-bond acceptors (Lipinski definition) is 6. The molecule has 3 heterocycles. The largest absolute Gasteiger partial charge is 0.462 e. The van der Waals surface area contributed by atoms with Crippen molar-refractivity contribution in [1.29, 1.82) is 0 Å². The Morgan fingerprint density at radius 3 is 2.77 bits per heavy atom. The molecule has 1 aliphatic carbocycles. The fourth-order valence-corrected chi connectivity index (χ4v) is 5.21. The van der Waals surface area contributed by atoms with Crippen molar-refractivity contribution >= 4 is 39.8 Å². The number of rotatable bonds is 6. The molecule has 0 atom stereocenters. The number of carbonyl (C=O) groups excluding carboxylic acids is 2. The minimum absolute atomic E-state index is 0.170. The minimum atomic E-state index is -0.401. The lowest BCUT2D eigenvalue weighted by Gasteiger charge is -2.12. The number of halogens is 1. The number of nitrogens with one attached hydrogen (secondary N) is 1. The van der Waals surface area contributed by atoms with Crippen LogP contribution < -0.4 is 5.32 Å². The van der Waals surface area contributed by atoms with Gasteiger partial charge in [-0.05, 0) is 64.2 Å². The van der Waals surface area contributed by atoms with E-state index >= 15 is 0 Å². The molecular weight excluding hydrogens is 438 g/mol. The molecule has 0 fully saturated rings. The zero-order chi connectivity index (χ0) is 22.1. The van der Waals surface area contributed by atoms with E-state index in [1.807, 2.05) is 13.8 Å². The molecule has 31 heavy (non-hydrogen) atoms. The quantitative estimate of drug-likeness (QED) is 0.512. The van der Waals surface area contributed by atoms with Gasteiger partial charge in [-0.25, -0.2) is 4.79 Å². The summed E-state index contributed by atoms with van der Waals surface area (Å²) in [6, 6.07) is 3.36. The molecule has 0 radical (unpaired) electrons. The van der Waals surface area contributed by atoms with Crippen LogP contribution in [0.2, 0.25) is 5.02 Å². The van der Waals surface area contributed by atoms with Crippen molar-refractivity contribution in [2.45, 2.75) is 53.0 Å². The lowest BCUT2D eigenvalue weighted by molar-refractivity contribution is 0.0526. The lowest BCUT2D eigenvalue weighted by Crippen LogP contribution is -2.15. The molecule has 164 valence electrons. The first-order valence-corrected chi connectivity index (χ1v) is 11.5. The van der Waals surface area contributed by atoms with Crippen LogP contribution in [0.25, 0.3) is 0 Å². The number of esters is 1. The number of thiophene rings is 1. The number of ether oxygens (including phenoxy) is 1. The Balaban J connectivity index is 1.54. The molecule has 9 heteroatoms. The first kappa shape index (κ1) is 21.6. The zero-order valence-corrected chi connectivity index (χ0v) is 19.3. The maximum absolute atomic E-state index is 12.9. The van der Waals surface area contributed by atoms with Crippen LogP contribution in [0, 0.1) is 13.8 Å². The van der Waals surface area contributed by atoms with Crippen molar-refractivity contribution in [2.75, 3.05) is 11.9 Å². The van der Waals surface area contributed by atoms with Gasteiger partial charge in [0.2, 0.25) is 0 Å². The molecule has 0 aliphatic heterocycles. The van der Waals surface area contributed by atoms with E-state index in [0.29, 0.717) is 27.9 Å². The van der Waals surface area contributed by atoms with Gasteiger partial charge in [-0.15, -0.1) is 11.3 Å². The third-order valence-electron chi connectivity index (χ3n) is 5.36. The van der Waals surface area contributed by atoms with Crippen LogP contribution in [0.5, 0.6) is 0 Å². The van der Waals surface area contributed by atoms with Gasteiger partial charge < -0.3 is 14.5 Å². The van der Waals surface area contributed by atoms with Gasteiger partial charge in [-0.1, -0.05) is 11.6 Å². The van der Waals surface area contributed by atoms with Gasteiger partial charge >= 0.3 is 5.97 Å². The van der Waals surface area contributed by atoms with Crippen molar-refractivity contribution in [3.05, 3.63) is 56.1 Å². The van der Waals surface area contributed by atoms with Crippen molar-refractivity contribution in [3.63, 3.8) is 0 Å². The van der Waals surface area contributed by atoms with E-state index in [4.69, 9.17) is 20.8 Å². The smallest absolute Gasteiger partial charge is 0.341 e. The highest BCUT2D eigenvalue weighted by atomic mass is 35.5. The zero-order valence-electron chi connectivity index (χ0n) is 17.7. The molecule has 4 rings (SSSR count). The molecule has 3 aromatic heterocycles. The number of hydrogen-bond donors (Lipinski definition) is 1. The maximum atomic E-state index is 12.9. The van der Waals surface area contributed by atoms with E-state index in [-0.39, 0.29) is 12.4 Å². The van der Waals surface area contributed by atoms with Crippen molar-refractivity contribution in [3.8, 4) is 0 Å². The average molecular weight is 462 g/mol. The molecular formula is C22H24ClN3O4S.